The Morgan fingerprint density at radius 2 is 2.60 bits per heavy atom. The van der Waals surface area contributed by atoms with Gasteiger partial charge >= 0.3 is 0 Å². The lowest BCUT2D eigenvalue weighted by atomic mass is 10.2. The van der Waals surface area contributed by atoms with Gasteiger partial charge in [-0.05, 0) is 28.8 Å². The molecule has 0 radical (unpaired) electrons. The van der Waals surface area contributed by atoms with Crippen molar-refractivity contribution in [3.8, 4) is 0 Å². The van der Waals surface area contributed by atoms with Gasteiger partial charge in [-0.25, -0.2) is 0 Å². The van der Waals surface area contributed by atoms with Crippen LogP contribution in [0.3, 0.4) is 0 Å². The first kappa shape index (κ1) is 11.1. The summed E-state index contributed by atoms with van der Waals surface area (Å²) in [6.07, 6.45) is 1.24. The maximum Gasteiger partial charge on any atom is 0.0933 e. The minimum atomic E-state index is 0.237. The number of morpholine rings is 1. The van der Waals surface area contributed by atoms with E-state index in [2.05, 4.69) is 22.1 Å². The van der Waals surface area contributed by atoms with Crippen molar-refractivity contribution in [3.63, 3.8) is 0 Å². The SMILES string of the molecule is c1cc(CCOCC2CNCCO2)cs1. The molecule has 0 saturated carbocycles. The van der Waals surface area contributed by atoms with Gasteiger partial charge in [0.15, 0.2) is 0 Å². The Morgan fingerprint density at radius 1 is 1.60 bits per heavy atom. The minimum absolute atomic E-state index is 0.237. The van der Waals surface area contributed by atoms with Gasteiger partial charge in [-0.15, -0.1) is 0 Å². The van der Waals surface area contributed by atoms with E-state index in [9.17, 15) is 0 Å². The third-order valence-electron chi connectivity index (χ3n) is 2.42. The average molecular weight is 227 g/mol. The van der Waals surface area contributed by atoms with Crippen molar-refractivity contribution in [1.82, 2.24) is 5.32 Å². The molecule has 1 aliphatic heterocycles. The van der Waals surface area contributed by atoms with Crippen molar-refractivity contribution in [1.29, 1.82) is 0 Å². The fraction of sp³-hybridized carbons (Fsp3) is 0.636. The van der Waals surface area contributed by atoms with E-state index < -0.39 is 0 Å². The summed E-state index contributed by atoms with van der Waals surface area (Å²) in [7, 11) is 0. The fourth-order valence-electron chi connectivity index (χ4n) is 1.57. The molecule has 1 aromatic rings. The smallest absolute Gasteiger partial charge is 0.0933 e. The molecule has 0 aliphatic carbocycles. The van der Waals surface area contributed by atoms with Gasteiger partial charge in [0.1, 0.15) is 0 Å². The van der Waals surface area contributed by atoms with Crippen LogP contribution in [0.5, 0.6) is 0 Å². The first-order valence-corrected chi connectivity index (χ1v) is 6.30. The van der Waals surface area contributed by atoms with Crippen molar-refractivity contribution < 1.29 is 9.47 Å². The quantitative estimate of drug-likeness (QED) is 0.769. The second-order valence-electron chi connectivity index (χ2n) is 3.65. The van der Waals surface area contributed by atoms with Gasteiger partial charge in [-0.3, -0.25) is 0 Å². The third-order valence-corrected chi connectivity index (χ3v) is 3.16. The summed E-state index contributed by atoms with van der Waals surface area (Å²) in [6.45, 7) is 4.18. The molecule has 0 spiro atoms. The molecule has 0 amide bonds. The Balaban J connectivity index is 1.54. The van der Waals surface area contributed by atoms with Crippen molar-refractivity contribution in [2.24, 2.45) is 0 Å². The zero-order valence-electron chi connectivity index (χ0n) is 8.78. The number of rotatable bonds is 5. The summed E-state index contributed by atoms with van der Waals surface area (Å²) in [6, 6.07) is 2.15. The minimum Gasteiger partial charge on any atom is -0.378 e. The van der Waals surface area contributed by atoms with Crippen LogP contribution in [0.1, 0.15) is 5.56 Å². The number of hydrogen-bond acceptors (Lipinski definition) is 4. The molecular formula is C11H17NO2S. The Bertz CT molecular complexity index is 258. The molecule has 1 saturated heterocycles. The molecule has 4 heteroatoms. The molecule has 2 heterocycles. The summed E-state index contributed by atoms with van der Waals surface area (Å²) < 4.78 is 11.1. The molecule has 84 valence electrons. The normalized spacial score (nSPS) is 21.7. The van der Waals surface area contributed by atoms with E-state index in [1.165, 1.54) is 5.56 Å². The summed E-state index contributed by atoms with van der Waals surface area (Å²) in [5.41, 5.74) is 1.36. The molecule has 1 aromatic heterocycles. The lowest BCUT2D eigenvalue weighted by Gasteiger charge is -2.23. The van der Waals surface area contributed by atoms with Gasteiger partial charge in [-0.2, -0.15) is 11.3 Å². The second-order valence-corrected chi connectivity index (χ2v) is 4.43. The molecule has 1 fully saturated rings. The molecule has 0 bridgehead atoms. The van der Waals surface area contributed by atoms with Crippen LogP contribution in [-0.2, 0) is 15.9 Å². The second kappa shape index (κ2) is 6.23. The lowest BCUT2D eigenvalue weighted by molar-refractivity contribution is -0.0307. The van der Waals surface area contributed by atoms with Crippen LogP contribution in [0, 0.1) is 0 Å². The van der Waals surface area contributed by atoms with Gasteiger partial charge < -0.3 is 14.8 Å². The standard InChI is InChI=1S/C11H17NO2S/c1(10-2-6-15-9-10)4-13-8-11-7-12-3-5-14-11/h2,6,9,11-12H,1,3-5,7-8H2. The van der Waals surface area contributed by atoms with Gasteiger partial charge in [-0.1, -0.05) is 0 Å². The highest BCUT2D eigenvalue weighted by molar-refractivity contribution is 7.07. The predicted octanol–water partition coefficient (Wildman–Crippen LogP) is 1.30. The van der Waals surface area contributed by atoms with Crippen molar-refractivity contribution in [2.45, 2.75) is 12.5 Å². The summed E-state index contributed by atoms with van der Waals surface area (Å²) in [5.74, 6) is 0. The van der Waals surface area contributed by atoms with Gasteiger partial charge in [0.05, 0.1) is 25.9 Å². The highest BCUT2D eigenvalue weighted by atomic mass is 32.1. The third kappa shape index (κ3) is 3.91. The van der Waals surface area contributed by atoms with Crippen LogP contribution in [0.2, 0.25) is 0 Å². The highest BCUT2D eigenvalue weighted by Gasteiger charge is 2.12. The van der Waals surface area contributed by atoms with Crippen LogP contribution in [0.15, 0.2) is 16.8 Å². The molecule has 1 aliphatic rings. The van der Waals surface area contributed by atoms with E-state index in [0.29, 0.717) is 6.61 Å². The zero-order chi connectivity index (χ0) is 10.3. The summed E-state index contributed by atoms with van der Waals surface area (Å²) in [5, 5.41) is 7.56. The first-order valence-electron chi connectivity index (χ1n) is 5.36. The van der Waals surface area contributed by atoms with Crippen molar-refractivity contribution >= 4 is 11.3 Å². The Hall–Kier alpha value is -0.420. The molecule has 0 aromatic carbocycles. The van der Waals surface area contributed by atoms with Crippen molar-refractivity contribution in [2.75, 3.05) is 32.9 Å². The van der Waals surface area contributed by atoms with E-state index in [4.69, 9.17) is 9.47 Å². The molecule has 2 rings (SSSR count). The molecule has 3 nitrogen and oxygen atoms in total. The average Bonchev–Trinajstić information content (AvgIpc) is 2.79. The van der Waals surface area contributed by atoms with Crippen LogP contribution in [0.4, 0.5) is 0 Å². The Morgan fingerprint density at radius 3 is 3.33 bits per heavy atom. The maximum atomic E-state index is 5.59. The number of thiophene rings is 1. The number of nitrogens with one attached hydrogen (secondary N) is 1. The van der Waals surface area contributed by atoms with Crippen molar-refractivity contribution in [3.05, 3.63) is 22.4 Å². The van der Waals surface area contributed by atoms with E-state index in [0.717, 1.165) is 32.7 Å². The fourth-order valence-corrected chi connectivity index (χ4v) is 2.27. The predicted molar refractivity (Wildman–Crippen MR) is 61.5 cm³/mol. The van der Waals surface area contributed by atoms with E-state index in [1.807, 2.05) is 0 Å². The van der Waals surface area contributed by atoms with Gasteiger partial charge in [0.2, 0.25) is 0 Å². The van der Waals surface area contributed by atoms with E-state index >= 15 is 0 Å². The molecule has 1 unspecified atom stereocenters. The van der Waals surface area contributed by atoms with E-state index in [-0.39, 0.29) is 6.10 Å². The van der Waals surface area contributed by atoms with Gasteiger partial charge in [0, 0.05) is 13.1 Å². The lowest BCUT2D eigenvalue weighted by Crippen LogP contribution is -2.41. The van der Waals surface area contributed by atoms with Crippen LogP contribution in [-0.4, -0.2) is 39.0 Å². The summed E-state index contributed by atoms with van der Waals surface area (Å²) in [4.78, 5) is 0. The van der Waals surface area contributed by atoms with Crippen LogP contribution >= 0.6 is 11.3 Å². The first-order chi connectivity index (χ1) is 7.45. The molecular weight excluding hydrogens is 210 g/mol. The Kier molecular flexibility index (Phi) is 4.60. The Labute approximate surface area is 94.4 Å². The molecule has 15 heavy (non-hydrogen) atoms. The molecule has 1 N–H and O–H groups in total. The maximum absolute atomic E-state index is 5.59. The monoisotopic (exact) mass is 227 g/mol. The topological polar surface area (TPSA) is 30.5 Å². The number of hydrogen-bond donors (Lipinski definition) is 1. The summed E-state index contributed by atoms with van der Waals surface area (Å²) >= 11 is 1.74. The highest BCUT2D eigenvalue weighted by Crippen LogP contribution is 2.06. The van der Waals surface area contributed by atoms with Gasteiger partial charge in [0.25, 0.3) is 0 Å². The largest absolute Gasteiger partial charge is 0.378 e. The molecule has 1 atom stereocenters. The zero-order valence-corrected chi connectivity index (χ0v) is 9.59. The van der Waals surface area contributed by atoms with Crippen LogP contribution in [0.25, 0.3) is 0 Å². The van der Waals surface area contributed by atoms with Crippen LogP contribution < -0.4 is 5.32 Å². The number of ether oxygens (including phenoxy) is 2. The van der Waals surface area contributed by atoms with E-state index in [1.54, 1.807) is 11.3 Å².